The molecule has 1 heterocycles. The largest absolute Gasteiger partial charge is 0.461 e. The third-order valence-electron chi connectivity index (χ3n) is 3.79. The SMILES string of the molecule is CS(=O)(=O)N1CCC(C(=O)OCc2ccc(OC(F)F)cc2)CC1. The maximum absolute atomic E-state index is 12.0. The van der Waals surface area contributed by atoms with Gasteiger partial charge in [0.15, 0.2) is 0 Å². The molecule has 0 atom stereocenters. The number of nitrogens with zero attached hydrogens (tertiary/aromatic N) is 1. The number of halogens is 2. The Labute approximate surface area is 139 Å². The van der Waals surface area contributed by atoms with Crippen LogP contribution < -0.4 is 4.74 Å². The molecule has 1 aromatic carbocycles. The van der Waals surface area contributed by atoms with E-state index in [4.69, 9.17) is 4.74 Å². The molecule has 0 radical (unpaired) electrons. The summed E-state index contributed by atoms with van der Waals surface area (Å²) in [4.78, 5) is 12.0. The maximum atomic E-state index is 12.0. The van der Waals surface area contributed by atoms with Gasteiger partial charge >= 0.3 is 12.6 Å². The van der Waals surface area contributed by atoms with E-state index in [-0.39, 0.29) is 24.2 Å². The Balaban J connectivity index is 1.79. The molecular formula is C15H19F2NO5S. The first kappa shape index (κ1) is 18.6. The molecule has 0 unspecified atom stereocenters. The Kier molecular flexibility index (Phi) is 6.11. The van der Waals surface area contributed by atoms with Crippen LogP contribution in [0, 0.1) is 5.92 Å². The lowest BCUT2D eigenvalue weighted by molar-refractivity contribution is -0.151. The van der Waals surface area contributed by atoms with Crippen molar-refractivity contribution in [3.8, 4) is 5.75 Å². The van der Waals surface area contributed by atoms with Crippen LogP contribution in [0.4, 0.5) is 8.78 Å². The van der Waals surface area contributed by atoms with Crippen LogP contribution in [0.1, 0.15) is 18.4 Å². The van der Waals surface area contributed by atoms with Crippen LogP contribution in [0.5, 0.6) is 5.75 Å². The summed E-state index contributed by atoms with van der Waals surface area (Å²) in [5.41, 5.74) is 0.651. The third-order valence-corrected chi connectivity index (χ3v) is 5.09. The molecule has 1 fully saturated rings. The van der Waals surface area contributed by atoms with Gasteiger partial charge in [-0.25, -0.2) is 12.7 Å². The van der Waals surface area contributed by atoms with Gasteiger partial charge in [-0.1, -0.05) is 12.1 Å². The van der Waals surface area contributed by atoms with E-state index >= 15 is 0 Å². The molecule has 0 N–H and O–H groups in total. The molecule has 0 aromatic heterocycles. The first-order valence-electron chi connectivity index (χ1n) is 7.41. The van der Waals surface area contributed by atoms with Crippen molar-refractivity contribution < 1.29 is 31.5 Å². The minimum Gasteiger partial charge on any atom is -0.461 e. The highest BCUT2D eigenvalue weighted by Crippen LogP contribution is 2.21. The third kappa shape index (κ3) is 5.41. The molecule has 1 aliphatic heterocycles. The molecule has 6 nitrogen and oxygen atoms in total. The van der Waals surface area contributed by atoms with Crippen molar-refractivity contribution in [1.29, 1.82) is 0 Å². The average molecular weight is 363 g/mol. The van der Waals surface area contributed by atoms with Crippen LogP contribution in [0.15, 0.2) is 24.3 Å². The Bertz CT molecular complexity index is 655. The summed E-state index contributed by atoms with van der Waals surface area (Å²) >= 11 is 0. The van der Waals surface area contributed by atoms with Gasteiger partial charge in [0, 0.05) is 13.1 Å². The van der Waals surface area contributed by atoms with E-state index in [0.29, 0.717) is 31.5 Å². The zero-order valence-electron chi connectivity index (χ0n) is 13.2. The lowest BCUT2D eigenvalue weighted by Gasteiger charge is -2.28. The van der Waals surface area contributed by atoms with Crippen molar-refractivity contribution in [3.63, 3.8) is 0 Å². The van der Waals surface area contributed by atoms with E-state index in [2.05, 4.69) is 4.74 Å². The summed E-state index contributed by atoms with van der Waals surface area (Å²) in [5, 5.41) is 0. The summed E-state index contributed by atoms with van der Waals surface area (Å²) in [6, 6.07) is 5.83. The fourth-order valence-corrected chi connectivity index (χ4v) is 3.34. The number of ether oxygens (including phenoxy) is 2. The van der Waals surface area contributed by atoms with Gasteiger partial charge in [0.05, 0.1) is 12.2 Å². The number of hydrogen-bond acceptors (Lipinski definition) is 5. The minimum absolute atomic E-state index is 0.0279. The van der Waals surface area contributed by atoms with Crippen molar-refractivity contribution in [2.24, 2.45) is 5.92 Å². The van der Waals surface area contributed by atoms with E-state index in [1.807, 2.05) is 0 Å². The second kappa shape index (κ2) is 7.89. The zero-order valence-corrected chi connectivity index (χ0v) is 14.0. The van der Waals surface area contributed by atoms with Crippen LogP contribution in [0.3, 0.4) is 0 Å². The highest BCUT2D eigenvalue weighted by molar-refractivity contribution is 7.88. The van der Waals surface area contributed by atoms with Gasteiger partial charge in [-0.15, -0.1) is 0 Å². The lowest BCUT2D eigenvalue weighted by atomic mass is 9.98. The van der Waals surface area contributed by atoms with E-state index in [1.165, 1.54) is 28.6 Å². The molecular weight excluding hydrogens is 344 g/mol. The van der Waals surface area contributed by atoms with Crippen molar-refractivity contribution in [2.45, 2.75) is 26.1 Å². The lowest BCUT2D eigenvalue weighted by Crippen LogP contribution is -2.40. The molecule has 134 valence electrons. The maximum Gasteiger partial charge on any atom is 0.387 e. The number of carbonyl (C=O) groups is 1. The molecule has 0 amide bonds. The standard InChI is InChI=1S/C15H19F2NO5S/c1-24(20,21)18-8-6-12(7-9-18)14(19)22-10-11-2-4-13(5-3-11)23-15(16)17/h2-5,12,15H,6-10H2,1H3. The quantitative estimate of drug-likeness (QED) is 0.723. The summed E-state index contributed by atoms with van der Waals surface area (Å²) in [6.45, 7) is -2.25. The smallest absolute Gasteiger partial charge is 0.387 e. The summed E-state index contributed by atoms with van der Waals surface area (Å²) in [7, 11) is -3.23. The summed E-state index contributed by atoms with van der Waals surface area (Å²) in [5.74, 6) is -0.672. The number of esters is 1. The van der Waals surface area contributed by atoms with E-state index in [1.54, 1.807) is 0 Å². The fraction of sp³-hybridized carbons (Fsp3) is 0.533. The number of carbonyl (C=O) groups excluding carboxylic acids is 1. The highest BCUT2D eigenvalue weighted by atomic mass is 32.2. The number of hydrogen-bond donors (Lipinski definition) is 0. The average Bonchev–Trinajstić information content (AvgIpc) is 2.52. The van der Waals surface area contributed by atoms with Gasteiger partial charge in [0.2, 0.25) is 10.0 Å². The van der Waals surface area contributed by atoms with Gasteiger partial charge in [-0.2, -0.15) is 8.78 Å². The van der Waals surface area contributed by atoms with Crippen LogP contribution in [0.2, 0.25) is 0 Å². The van der Waals surface area contributed by atoms with Gasteiger partial charge < -0.3 is 9.47 Å². The van der Waals surface area contributed by atoms with Crippen molar-refractivity contribution in [2.75, 3.05) is 19.3 Å². The van der Waals surface area contributed by atoms with Crippen LogP contribution in [-0.4, -0.2) is 44.6 Å². The molecule has 0 spiro atoms. The Hall–Kier alpha value is -1.74. The fourth-order valence-electron chi connectivity index (χ4n) is 2.46. The Morgan fingerprint density at radius 1 is 1.25 bits per heavy atom. The normalized spacial score (nSPS) is 17.0. The molecule has 0 bridgehead atoms. The van der Waals surface area contributed by atoms with E-state index < -0.39 is 16.6 Å². The van der Waals surface area contributed by atoms with Crippen molar-refractivity contribution >= 4 is 16.0 Å². The van der Waals surface area contributed by atoms with Gasteiger partial charge in [-0.3, -0.25) is 4.79 Å². The number of alkyl halides is 2. The molecule has 1 aliphatic rings. The molecule has 2 rings (SSSR count). The van der Waals surface area contributed by atoms with Crippen molar-refractivity contribution in [3.05, 3.63) is 29.8 Å². The summed E-state index contributed by atoms with van der Waals surface area (Å²) < 4.78 is 57.7. The topological polar surface area (TPSA) is 72.9 Å². The Morgan fingerprint density at radius 3 is 2.33 bits per heavy atom. The molecule has 1 saturated heterocycles. The molecule has 24 heavy (non-hydrogen) atoms. The van der Waals surface area contributed by atoms with E-state index in [0.717, 1.165) is 6.26 Å². The monoisotopic (exact) mass is 363 g/mol. The van der Waals surface area contributed by atoms with Crippen LogP contribution in [-0.2, 0) is 26.2 Å². The van der Waals surface area contributed by atoms with Crippen LogP contribution >= 0.6 is 0 Å². The van der Waals surface area contributed by atoms with Crippen LogP contribution in [0.25, 0.3) is 0 Å². The second-order valence-electron chi connectivity index (χ2n) is 5.57. The molecule has 0 saturated carbocycles. The predicted molar refractivity (Wildman–Crippen MR) is 82.0 cm³/mol. The zero-order chi connectivity index (χ0) is 17.7. The number of piperidine rings is 1. The first-order valence-corrected chi connectivity index (χ1v) is 9.26. The molecule has 1 aromatic rings. The summed E-state index contributed by atoms with van der Waals surface area (Å²) in [6.07, 6.45) is 1.99. The minimum atomic E-state index is -3.23. The predicted octanol–water partition coefficient (Wildman–Crippen LogP) is 2.00. The van der Waals surface area contributed by atoms with E-state index in [9.17, 15) is 22.0 Å². The number of rotatable bonds is 6. The molecule has 0 aliphatic carbocycles. The number of benzene rings is 1. The van der Waals surface area contributed by atoms with Gasteiger partial charge in [0.1, 0.15) is 12.4 Å². The first-order chi connectivity index (χ1) is 11.3. The highest BCUT2D eigenvalue weighted by Gasteiger charge is 2.29. The molecule has 9 heteroatoms. The number of sulfonamides is 1. The Morgan fingerprint density at radius 2 is 1.83 bits per heavy atom. The second-order valence-corrected chi connectivity index (χ2v) is 7.55. The van der Waals surface area contributed by atoms with Crippen molar-refractivity contribution in [1.82, 2.24) is 4.31 Å². The van der Waals surface area contributed by atoms with Gasteiger partial charge in [-0.05, 0) is 30.5 Å². The van der Waals surface area contributed by atoms with Gasteiger partial charge in [0.25, 0.3) is 0 Å².